The fourth-order valence-corrected chi connectivity index (χ4v) is 6.03. The smallest absolute Gasteiger partial charge is 0.287 e. The van der Waals surface area contributed by atoms with E-state index in [0.29, 0.717) is 26.9 Å². The molecule has 5 rings (SSSR count). The number of hydrogen-bond donors (Lipinski definition) is 1. The number of quaternary nitrogens is 1. The predicted octanol–water partition coefficient (Wildman–Crippen LogP) is 4.65. The Balaban J connectivity index is 1.43. The summed E-state index contributed by atoms with van der Waals surface area (Å²) >= 11 is 2.97. The molecular formula is C24H23FN7O2S2+. The Kier molecular flexibility index (Phi) is 6.56. The van der Waals surface area contributed by atoms with Crippen molar-refractivity contribution >= 4 is 50.0 Å². The number of amides is 1. The molecule has 2 aromatic carbocycles. The number of ether oxygens (including phenoxy) is 1. The quantitative estimate of drug-likeness (QED) is 0.280. The van der Waals surface area contributed by atoms with Crippen molar-refractivity contribution in [1.29, 1.82) is 0 Å². The van der Waals surface area contributed by atoms with Crippen molar-refractivity contribution in [2.24, 2.45) is 5.73 Å². The van der Waals surface area contributed by atoms with Crippen LogP contribution in [0.4, 0.5) is 9.52 Å². The monoisotopic (exact) mass is 524 g/mol. The Bertz CT molecular complexity index is 1560. The van der Waals surface area contributed by atoms with Gasteiger partial charge in [-0.2, -0.15) is 9.50 Å². The van der Waals surface area contributed by atoms with Crippen molar-refractivity contribution < 1.29 is 13.9 Å². The third-order valence-corrected chi connectivity index (χ3v) is 8.00. The maximum atomic E-state index is 13.5. The van der Waals surface area contributed by atoms with Crippen LogP contribution in [0.1, 0.15) is 13.8 Å². The molecule has 12 heteroatoms. The van der Waals surface area contributed by atoms with E-state index in [-0.39, 0.29) is 18.3 Å². The van der Waals surface area contributed by atoms with Crippen LogP contribution in [0.5, 0.6) is 11.6 Å². The number of benzene rings is 2. The number of carbonyl (C=O) groups excluding carboxylic acids is 1. The normalized spacial score (nSPS) is 11.9. The second-order valence-corrected chi connectivity index (χ2v) is 10.2. The van der Waals surface area contributed by atoms with Gasteiger partial charge >= 0.3 is 0 Å². The number of hydrogen-bond acceptors (Lipinski definition) is 8. The van der Waals surface area contributed by atoms with Crippen molar-refractivity contribution in [3.8, 4) is 11.6 Å². The molecule has 0 bridgehead atoms. The van der Waals surface area contributed by atoms with Gasteiger partial charge in [0.2, 0.25) is 11.0 Å². The third kappa shape index (κ3) is 4.74. The van der Waals surface area contributed by atoms with E-state index in [1.54, 1.807) is 40.1 Å². The summed E-state index contributed by atoms with van der Waals surface area (Å²) in [6, 6.07) is 15.2. The van der Waals surface area contributed by atoms with E-state index < -0.39 is 0 Å². The molecule has 2 N–H and O–H groups in total. The van der Waals surface area contributed by atoms with Gasteiger partial charge < -0.3 is 10.5 Å². The lowest BCUT2D eigenvalue weighted by Crippen LogP contribution is -2.53. The first kappa shape index (κ1) is 24.1. The SMILES string of the molecule is CC[N+](CC)(CC(N)=O)c1nc2ccc(Sc3nnc4ccc(Oc5cccc(F)c5)nn34)cc2s1. The molecule has 0 radical (unpaired) electrons. The van der Waals surface area contributed by atoms with Gasteiger partial charge in [0.25, 0.3) is 11.0 Å². The highest BCUT2D eigenvalue weighted by Gasteiger charge is 2.32. The minimum absolute atomic E-state index is 0.214. The summed E-state index contributed by atoms with van der Waals surface area (Å²) in [7, 11) is 0. The van der Waals surface area contributed by atoms with Gasteiger partial charge in [0.05, 0.1) is 23.3 Å². The highest BCUT2D eigenvalue weighted by Crippen LogP contribution is 2.36. The highest BCUT2D eigenvalue weighted by molar-refractivity contribution is 7.99. The van der Waals surface area contributed by atoms with Gasteiger partial charge in [0.1, 0.15) is 11.6 Å². The van der Waals surface area contributed by atoms with Crippen molar-refractivity contribution in [3.05, 3.63) is 60.4 Å². The van der Waals surface area contributed by atoms with Gasteiger partial charge in [-0.25, -0.2) is 4.39 Å². The molecule has 0 aliphatic carbocycles. The zero-order valence-electron chi connectivity index (χ0n) is 19.6. The van der Waals surface area contributed by atoms with Crippen LogP contribution in [0.3, 0.4) is 0 Å². The maximum absolute atomic E-state index is 13.5. The largest absolute Gasteiger partial charge is 0.437 e. The van der Waals surface area contributed by atoms with E-state index >= 15 is 0 Å². The zero-order valence-corrected chi connectivity index (χ0v) is 21.2. The Morgan fingerprint density at radius 2 is 1.97 bits per heavy atom. The molecule has 0 saturated heterocycles. The molecular weight excluding hydrogens is 501 g/mol. The lowest BCUT2D eigenvalue weighted by atomic mass is 10.3. The predicted molar refractivity (Wildman–Crippen MR) is 138 cm³/mol. The molecule has 9 nitrogen and oxygen atoms in total. The zero-order chi connectivity index (χ0) is 25.3. The van der Waals surface area contributed by atoms with E-state index in [2.05, 4.69) is 15.3 Å². The molecule has 0 saturated carbocycles. The number of fused-ring (bicyclic) bond motifs is 2. The molecule has 0 spiro atoms. The van der Waals surface area contributed by atoms with Crippen LogP contribution in [0.25, 0.3) is 15.9 Å². The van der Waals surface area contributed by atoms with Crippen LogP contribution in [0.15, 0.2) is 64.6 Å². The van der Waals surface area contributed by atoms with Crippen LogP contribution >= 0.6 is 23.1 Å². The van der Waals surface area contributed by atoms with Gasteiger partial charge in [-0.05, 0) is 62.0 Å². The average Bonchev–Trinajstić information content (AvgIpc) is 3.46. The minimum atomic E-state index is -0.390. The third-order valence-electron chi connectivity index (χ3n) is 5.86. The molecule has 3 aromatic heterocycles. The van der Waals surface area contributed by atoms with Crippen LogP contribution in [0.2, 0.25) is 0 Å². The van der Waals surface area contributed by atoms with Crippen molar-refractivity contribution in [2.45, 2.75) is 23.9 Å². The molecule has 5 aromatic rings. The number of nitrogens with zero attached hydrogens (tertiary/aromatic N) is 6. The Morgan fingerprint density at radius 3 is 2.72 bits per heavy atom. The fraction of sp³-hybridized carbons (Fsp3) is 0.208. The number of thiazole rings is 1. The van der Waals surface area contributed by atoms with E-state index in [0.717, 1.165) is 33.3 Å². The second-order valence-electron chi connectivity index (χ2n) is 8.11. The Morgan fingerprint density at radius 1 is 1.14 bits per heavy atom. The first-order valence-electron chi connectivity index (χ1n) is 11.3. The van der Waals surface area contributed by atoms with E-state index in [1.165, 1.54) is 23.9 Å². The molecule has 1 amide bonds. The number of rotatable bonds is 9. The highest BCUT2D eigenvalue weighted by atomic mass is 32.2. The van der Waals surface area contributed by atoms with E-state index in [4.69, 9.17) is 15.5 Å². The number of halogens is 1. The van der Waals surface area contributed by atoms with Gasteiger partial charge in [0.15, 0.2) is 12.2 Å². The first-order chi connectivity index (χ1) is 17.4. The Hall–Kier alpha value is -3.61. The Labute approximate surface area is 214 Å². The molecule has 0 atom stereocenters. The second kappa shape index (κ2) is 9.80. The topological polar surface area (TPSA) is 108 Å². The lowest BCUT2D eigenvalue weighted by Gasteiger charge is -2.31. The molecule has 0 aliphatic rings. The first-order valence-corrected chi connectivity index (χ1v) is 12.9. The number of primary amides is 1. The molecule has 3 heterocycles. The van der Waals surface area contributed by atoms with E-state index in [1.807, 2.05) is 32.0 Å². The molecule has 184 valence electrons. The van der Waals surface area contributed by atoms with E-state index in [9.17, 15) is 9.18 Å². The molecule has 0 aliphatic heterocycles. The summed E-state index contributed by atoms with van der Waals surface area (Å²) in [5.74, 6) is -0.0963. The maximum Gasteiger partial charge on any atom is 0.287 e. The number of aromatic nitrogens is 5. The van der Waals surface area contributed by atoms with Crippen molar-refractivity contribution in [1.82, 2.24) is 29.3 Å². The summed E-state index contributed by atoms with van der Waals surface area (Å²) in [5.41, 5.74) is 6.96. The van der Waals surface area contributed by atoms with Gasteiger partial charge in [-0.15, -0.1) is 15.3 Å². The number of carbonyl (C=O) groups is 1. The molecule has 36 heavy (non-hydrogen) atoms. The average molecular weight is 525 g/mol. The lowest BCUT2D eigenvalue weighted by molar-refractivity contribution is -0.118. The number of nitrogens with two attached hydrogens (primary N) is 1. The van der Waals surface area contributed by atoms with Gasteiger partial charge in [0, 0.05) is 17.0 Å². The van der Waals surface area contributed by atoms with Gasteiger partial charge in [-0.1, -0.05) is 17.4 Å². The molecule has 0 unspecified atom stereocenters. The van der Waals surface area contributed by atoms with Crippen LogP contribution < -0.4 is 15.0 Å². The van der Waals surface area contributed by atoms with Crippen molar-refractivity contribution in [2.75, 3.05) is 19.6 Å². The summed E-state index contributed by atoms with van der Waals surface area (Å²) in [4.78, 5) is 17.5. The standard InChI is InChI=1S/C24H22FN7O2S2/c1-3-32(4-2,14-20(26)33)24-27-18-9-8-17(13-19(18)36-24)35-23-29-28-21-10-11-22(30-31(21)23)34-16-7-5-6-15(25)12-16/h5-13H,3-4,14H2,1-2H3,(H-,26,33)/p+1. The summed E-state index contributed by atoms with van der Waals surface area (Å²) in [5, 5.41) is 14.3. The van der Waals surface area contributed by atoms with Gasteiger partial charge in [-0.3, -0.25) is 9.28 Å². The summed E-state index contributed by atoms with van der Waals surface area (Å²) < 4.78 is 22.2. The number of likely N-dealkylation sites (N-methyl/N-ethyl adjacent to an activating group) is 1. The fourth-order valence-electron chi connectivity index (χ4n) is 3.87. The summed E-state index contributed by atoms with van der Waals surface area (Å²) in [6.07, 6.45) is 0. The molecule has 0 fully saturated rings. The summed E-state index contributed by atoms with van der Waals surface area (Å²) in [6.45, 7) is 5.73. The van der Waals surface area contributed by atoms with Crippen molar-refractivity contribution in [3.63, 3.8) is 0 Å². The van der Waals surface area contributed by atoms with Crippen LogP contribution in [-0.2, 0) is 4.79 Å². The van der Waals surface area contributed by atoms with Crippen LogP contribution in [-0.4, -0.2) is 50.3 Å². The van der Waals surface area contributed by atoms with Crippen LogP contribution in [0, 0.1) is 5.82 Å². The minimum Gasteiger partial charge on any atom is -0.437 e.